The van der Waals surface area contributed by atoms with E-state index in [2.05, 4.69) is 22.5 Å². The van der Waals surface area contributed by atoms with Gasteiger partial charge >= 0.3 is 12.1 Å². The highest BCUT2D eigenvalue weighted by molar-refractivity contribution is 5.80. The van der Waals surface area contributed by atoms with Crippen LogP contribution in [0, 0.1) is 0 Å². The van der Waals surface area contributed by atoms with E-state index in [1.54, 1.807) is 11.8 Å². The van der Waals surface area contributed by atoms with E-state index in [9.17, 15) is 9.59 Å². The highest BCUT2D eigenvalue weighted by atomic mass is 16.6. The second kappa shape index (κ2) is 6.54. The smallest absolute Gasteiger partial charge is 0.436 e. The summed E-state index contributed by atoms with van der Waals surface area (Å²) in [5, 5.41) is 7.47. The lowest BCUT2D eigenvalue weighted by Crippen LogP contribution is -2.47. The van der Waals surface area contributed by atoms with E-state index in [1.165, 1.54) is 5.56 Å². The lowest BCUT2D eigenvalue weighted by atomic mass is 10.0. The molecule has 2 aliphatic rings. The van der Waals surface area contributed by atoms with Crippen LogP contribution in [-0.2, 0) is 16.8 Å². The van der Waals surface area contributed by atoms with Gasteiger partial charge in [0.25, 0.3) is 0 Å². The molecular formula is C20H25N5O3. The van der Waals surface area contributed by atoms with Crippen molar-refractivity contribution in [3.8, 4) is 0 Å². The Kier molecular flexibility index (Phi) is 4.28. The molecule has 4 rings (SSSR count). The molecule has 0 bridgehead atoms. The summed E-state index contributed by atoms with van der Waals surface area (Å²) in [5.74, 6) is 0.585. The molecule has 2 atom stereocenters. The SMILES string of the molecule is CCOC(=O)n1nc2c(c1N)CN(C(=O)NC1CC1c1ccccc1)C2(C)C. The number of nitrogens with zero attached hydrogens (tertiary/aromatic N) is 3. The van der Waals surface area contributed by atoms with Crippen molar-refractivity contribution in [2.45, 2.75) is 51.2 Å². The van der Waals surface area contributed by atoms with Crippen LogP contribution in [-0.4, -0.2) is 39.5 Å². The second-order valence-corrected chi connectivity index (χ2v) is 7.78. The molecule has 2 unspecified atom stereocenters. The lowest BCUT2D eigenvalue weighted by Gasteiger charge is -2.31. The quantitative estimate of drug-likeness (QED) is 0.848. The number of anilines is 1. The first-order chi connectivity index (χ1) is 13.3. The summed E-state index contributed by atoms with van der Waals surface area (Å²) in [7, 11) is 0. The number of amides is 2. The highest BCUT2D eigenvalue weighted by Gasteiger charge is 2.47. The van der Waals surface area contributed by atoms with E-state index in [0.29, 0.717) is 23.7 Å². The van der Waals surface area contributed by atoms with Crippen LogP contribution in [0.4, 0.5) is 15.4 Å². The molecule has 1 aromatic heterocycles. The number of hydrogen-bond acceptors (Lipinski definition) is 5. The number of ether oxygens (including phenoxy) is 1. The first-order valence-electron chi connectivity index (χ1n) is 9.52. The maximum absolute atomic E-state index is 12.9. The highest BCUT2D eigenvalue weighted by Crippen LogP contribution is 2.43. The number of nitrogens with two attached hydrogens (primary N) is 1. The van der Waals surface area contributed by atoms with Gasteiger partial charge in [-0.2, -0.15) is 5.10 Å². The third-order valence-corrected chi connectivity index (χ3v) is 5.61. The van der Waals surface area contributed by atoms with E-state index >= 15 is 0 Å². The van der Waals surface area contributed by atoms with Crippen molar-refractivity contribution in [3.63, 3.8) is 0 Å². The van der Waals surface area contributed by atoms with Crippen LogP contribution in [0.2, 0.25) is 0 Å². The maximum atomic E-state index is 12.9. The molecular weight excluding hydrogens is 358 g/mol. The molecule has 28 heavy (non-hydrogen) atoms. The minimum absolute atomic E-state index is 0.135. The van der Waals surface area contributed by atoms with E-state index in [1.807, 2.05) is 32.0 Å². The maximum Gasteiger partial charge on any atom is 0.436 e. The number of nitrogen functional groups attached to an aromatic ring is 1. The van der Waals surface area contributed by atoms with Crippen molar-refractivity contribution < 1.29 is 14.3 Å². The van der Waals surface area contributed by atoms with Crippen molar-refractivity contribution in [1.82, 2.24) is 20.0 Å². The summed E-state index contributed by atoms with van der Waals surface area (Å²) >= 11 is 0. The van der Waals surface area contributed by atoms with Crippen LogP contribution < -0.4 is 11.1 Å². The third kappa shape index (κ3) is 2.89. The fraction of sp³-hybridized carbons (Fsp3) is 0.450. The fourth-order valence-corrected chi connectivity index (χ4v) is 3.90. The Bertz CT molecular complexity index is 921. The van der Waals surface area contributed by atoms with Gasteiger partial charge in [-0.15, -0.1) is 4.68 Å². The summed E-state index contributed by atoms with van der Waals surface area (Å²) in [6.45, 7) is 6.08. The number of aromatic nitrogens is 2. The Labute approximate surface area is 163 Å². The third-order valence-electron chi connectivity index (χ3n) is 5.61. The van der Waals surface area contributed by atoms with Gasteiger partial charge in [-0.1, -0.05) is 30.3 Å². The Morgan fingerprint density at radius 2 is 2.04 bits per heavy atom. The molecule has 0 saturated heterocycles. The molecule has 3 N–H and O–H groups in total. The average Bonchev–Trinajstić information content (AvgIpc) is 3.26. The predicted molar refractivity (Wildman–Crippen MR) is 104 cm³/mol. The molecule has 0 spiro atoms. The lowest BCUT2D eigenvalue weighted by molar-refractivity contribution is 0.138. The summed E-state index contributed by atoms with van der Waals surface area (Å²) in [6.07, 6.45) is 0.330. The molecule has 2 amide bonds. The van der Waals surface area contributed by atoms with Gasteiger partial charge in [0.05, 0.1) is 24.4 Å². The minimum Gasteiger partial charge on any atom is -0.448 e. The zero-order chi connectivity index (χ0) is 20.1. The van der Waals surface area contributed by atoms with Gasteiger partial charge in [0.1, 0.15) is 5.82 Å². The molecule has 8 heteroatoms. The number of urea groups is 1. The largest absolute Gasteiger partial charge is 0.448 e. The molecule has 8 nitrogen and oxygen atoms in total. The Morgan fingerprint density at radius 3 is 2.68 bits per heavy atom. The Morgan fingerprint density at radius 1 is 1.32 bits per heavy atom. The summed E-state index contributed by atoms with van der Waals surface area (Å²) in [6, 6.07) is 10.2. The number of carbonyl (C=O) groups excluding carboxylic acids is 2. The first kappa shape index (κ1) is 18.3. The van der Waals surface area contributed by atoms with Crippen molar-refractivity contribution >= 4 is 17.9 Å². The van der Waals surface area contributed by atoms with Gasteiger partial charge in [0, 0.05) is 17.5 Å². The van der Waals surface area contributed by atoms with Crippen LogP contribution in [0.15, 0.2) is 30.3 Å². The van der Waals surface area contributed by atoms with Gasteiger partial charge in [-0.25, -0.2) is 9.59 Å². The molecule has 2 heterocycles. The first-order valence-corrected chi connectivity index (χ1v) is 9.52. The monoisotopic (exact) mass is 383 g/mol. The molecule has 1 aliphatic carbocycles. The number of benzene rings is 1. The molecule has 148 valence electrons. The number of fused-ring (bicyclic) bond motifs is 1. The van der Waals surface area contributed by atoms with Crippen molar-refractivity contribution in [3.05, 3.63) is 47.2 Å². The van der Waals surface area contributed by atoms with Crippen LogP contribution in [0.1, 0.15) is 49.9 Å². The zero-order valence-corrected chi connectivity index (χ0v) is 16.3. The number of rotatable bonds is 3. The summed E-state index contributed by atoms with van der Waals surface area (Å²) < 4.78 is 6.07. The molecule has 1 fully saturated rings. The summed E-state index contributed by atoms with van der Waals surface area (Å²) in [5.41, 5.74) is 8.01. The van der Waals surface area contributed by atoms with E-state index in [-0.39, 0.29) is 24.5 Å². The van der Waals surface area contributed by atoms with Crippen LogP contribution in [0.3, 0.4) is 0 Å². The molecule has 1 aromatic carbocycles. The molecule has 1 saturated carbocycles. The molecule has 2 aromatic rings. The van der Waals surface area contributed by atoms with Crippen LogP contribution >= 0.6 is 0 Å². The van der Waals surface area contributed by atoms with E-state index in [0.717, 1.165) is 11.1 Å². The van der Waals surface area contributed by atoms with Gasteiger partial charge < -0.3 is 20.7 Å². The van der Waals surface area contributed by atoms with Gasteiger partial charge in [0.2, 0.25) is 0 Å². The van der Waals surface area contributed by atoms with Crippen LogP contribution in [0.5, 0.6) is 0 Å². The normalized spacial score (nSPS) is 21.9. The molecule has 1 aliphatic heterocycles. The van der Waals surface area contributed by atoms with Crippen molar-refractivity contribution in [2.75, 3.05) is 12.3 Å². The van der Waals surface area contributed by atoms with Gasteiger partial charge in [-0.05, 0) is 32.8 Å². The fourth-order valence-electron chi connectivity index (χ4n) is 3.90. The zero-order valence-electron chi connectivity index (χ0n) is 16.3. The van der Waals surface area contributed by atoms with Crippen LogP contribution in [0.25, 0.3) is 0 Å². The minimum atomic E-state index is -0.678. The average molecular weight is 383 g/mol. The van der Waals surface area contributed by atoms with Gasteiger partial charge in [-0.3, -0.25) is 0 Å². The topological polar surface area (TPSA) is 102 Å². The number of hydrogen-bond donors (Lipinski definition) is 2. The standard InChI is InChI=1S/C20H25N5O3/c1-4-28-19(27)25-17(21)14-11-24(20(2,3)16(14)23-25)18(26)22-15-10-13(15)12-8-6-5-7-9-12/h5-9,13,15H,4,10-11,21H2,1-3H3,(H,22,26). The van der Waals surface area contributed by atoms with Gasteiger partial charge in [0.15, 0.2) is 0 Å². The Hall–Kier alpha value is -3.03. The number of carbonyl (C=O) groups is 2. The Balaban J connectivity index is 1.47. The van der Waals surface area contributed by atoms with Crippen molar-refractivity contribution in [1.29, 1.82) is 0 Å². The van der Waals surface area contributed by atoms with E-state index in [4.69, 9.17) is 10.5 Å². The number of nitrogens with one attached hydrogen (secondary N) is 1. The van der Waals surface area contributed by atoms with Crippen molar-refractivity contribution in [2.24, 2.45) is 0 Å². The second-order valence-electron chi connectivity index (χ2n) is 7.78. The van der Waals surface area contributed by atoms with E-state index < -0.39 is 11.6 Å². The predicted octanol–water partition coefficient (Wildman–Crippen LogP) is 2.79. The summed E-state index contributed by atoms with van der Waals surface area (Å²) in [4.78, 5) is 26.7. The molecule has 0 radical (unpaired) electrons.